The van der Waals surface area contributed by atoms with E-state index >= 15 is 0 Å². The van der Waals surface area contributed by atoms with Gasteiger partial charge >= 0.3 is 0 Å². The molecule has 24 heavy (non-hydrogen) atoms. The first-order chi connectivity index (χ1) is 11.7. The van der Waals surface area contributed by atoms with Gasteiger partial charge < -0.3 is 14.7 Å². The van der Waals surface area contributed by atoms with E-state index in [9.17, 15) is 4.79 Å². The van der Waals surface area contributed by atoms with Crippen LogP contribution in [0.1, 0.15) is 12.5 Å². The van der Waals surface area contributed by atoms with E-state index in [1.165, 1.54) is 5.56 Å². The van der Waals surface area contributed by atoms with E-state index in [1.54, 1.807) is 11.1 Å². The Kier molecular flexibility index (Phi) is 4.88. The molecule has 1 aliphatic heterocycles. The first kappa shape index (κ1) is 16.2. The van der Waals surface area contributed by atoms with Crippen molar-refractivity contribution in [1.29, 1.82) is 0 Å². The monoisotopic (exact) mass is 326 g/mol. The predicted octanol–water partition coefficient (Wildman–Crippen LogP) is 1.62. The van der Waals surface area contributed by atoms with Crippen molar-refractivity contribution in [3.8, 4) is 0 Å². The number of piperazine rings is 1. The molecule has 1 saturated heterocycles. The lowest BCUT2D eigenvalue weighted by Crippen LogP contribution is -2.46. The van der Waals surface area contributed by atoms with Crippen molar-refractivity contribution in [2.24, 2.45) is 0 Å². The molecule has 1 aliphatic rings. The smallest absolute Gasteiger partial charge is 0.251 e. The maximum Gasteiger partial charge on any atom is 0.251 e. The summed E-state index contributed by atoms with van der Waals surface area (Å²) in [7, 11) is 0. The number of carbonyl (C=O) groups excluding carboxylic acids is 1. The molecular formula is C17H22N6O. The van der Waals surface area contributed by atoms with Crippen molar-refractivity contribution in [2.75, 3.05) is 42.5 Å². The number of hydrogen-bond donors (Lipinski definition) is 0. The first-order valence-electron chi connectivity index (χ1n) is 8.19. The van der Waals surface area contributed by atoms with E-state index in [1.807, 2.05) is 11.0 Å². The minimum absolute atomic E-state index is 0.596. The summed E-state index contributed by atoms with van der Waals surface area (Å²) in [6, 6.07) is 8.26. The van der Waals surface area contributed by atoms with Crippen LogP contribution in [-0.2, 0) is 4.79 Å². The quantitative estimate of drug-likeness (QED) is 0.778. The molecule has 0 bridgehead atoms. The highest BCUT2D eigenvalue weighted by atomic mass is 16.1. The summed E-state index contributed by atoms with van der Waals surface area (Å²) < 4.78 is 0. The van der Waals surface area contributed by atoms with Crippen LogP contribution in [0.15, 0.2) is 30.5 Å². The second-order valence-corrected chi connectivity index (χ2v) is 5.83. The normalized spacial score (nSPS) is 14.6. The van der Waals surface area contributed by atoms with Gasteiger partial charge in [-0.25, -0.2) is 0 Å². The van der Waals surface area contributed by atoms with Gasteiger partial charge in [0, 0.05) is 38.4 Å². The zero-order valence-corrected chi connectivity index (χ0v) is 14.1. The Balaban J connectivity index is 1.82. The molecule has 1 amide bonds. The lowest BCUT2D eigenvalue weighted by atomic mass is 10.2. The number of hydrogen-bond acceptors (Lipinski definition) is 6. The van der Waals surface area contributed by atoms with Crippen LogP contribution in [0.2, 0.25) is 0 Å². The van der Waals surface area contributed by atoms with Crippen LogP contribution in [0, 0.1) is 6.92 Å². The Morgan fingerprint density at radius 3 is 2.71 bits per heavy atom. The summed E-state index contributed by atoms with van der Waals surface area (Å²) in [4.78, 5) is 21.5. The van der Waals surface area contributed by atoms with E-state index in [2.05, 4.69) is 47.1 Å². The molecule has 0 N–H and O–H groups in total. The Morgan fingerprint density at radius 2 is 2.04 bits per heavy atom. The number of aryl methyl sites for hydroxylation is 1. The van der Waals surface area contributed by atoms with Crippen LogP contribution in [-0.4, -0.2) is 59.2 Å². The number of aromatic nitrogens is 3. The third kappa shape index (κ3) is 3.45. The van der Waals surface area contributed by atoms with Crippen molar-refractivity contribution in [2.45, 2.75) is 13.8 Å². The van der Waals surface area contributed by atoms with Crippen LogP contribution in [0.4, 0.5) is 17.5 Å². The molecule has 126 valence electrons. The molecule has 0 saturated carbocycles. The number of anilines is 3. The SMILES string of the molecule is CCN(c1cccc(C)c1)c1nncc(N2CCN(C=O)CC2)n1. The van der Waals surface area contributed by atoms with Gasteiger partial charge in [0.1, 0.15) is 0 Å². The number of amides is 1. The zero-order chi connectivity index (χ0) is 16.9. The molecule has 0 spiro atoms. The second kappa shape index (κ2) is 7.25. The second-order valence-electron chi connectivity index (χ2n) is 5.83. The standard InChI is InChI=1S/C17H22N6O/c1-3-23(15-6-4-5-14(2)11-15)17-19-16(12-18-20-17)22-9-7-21(13-24)8-10-22/h4-6,11-13H,3,7-10H2,1-2H3. The molecule has 0 unspecified atom stereocenters. The summed E-state index contributed by atoms with van der Waals surface area (Å²) >= 11 is 0. The topological polar surface area (TPSA) is 65.5 Å². The molecule has 2 aromatic rings. The molecule has 1 aromatic heterocycles. The largest absolute Gasteiger partial charge is 0.352 e. The molecule has 1 fully saturated rings. The van der Waals surface area contributed by atoms with Gasteiger partial charge in [0.05, 0.1) is 6.20 Å². The van der Waals surface area contributed by atoms with E-state index in [0.29, 0.717) is 19.0 Å². The zero-order valence-electron chi connectivity index (χ0n) is 14.1. The van der Waals surface area contributed by atoms with Gasteiger partial charge in [-0.2, -0.15) is 10.1 Å². The van der Waals surface area contributed by atoms with Crippen molar-refractivity contribution >= 4 is 23.9 Å². The van der Waals surface area contributed by atoms with E-state index in [4.69, 9.17) is 4.98 Å². The van der Waals surface area contributed by atoms with Gasteiger partial charge in [-0.3, -0.25) is 4.79 Å². The number of benzene rings is 1. The van der Waals surface area contributed by atoms with Gasteiger partial charge in [-0.05, 0) is 31.5 Å². The van der Waals surface area contributed by atoms with Crippen molar-refractivity contribution in [1.82, 2.24) is 20.1 Å². The predicted molar refractivity (Wildman–Crippen MR) is 93.5 cm³/mol. The van der Waals surface area contributed by atoms with Gasteiger partial charge in [0.25, 0.3) is 5.95 Å². The van der Waals surface area contributed by atoms with E-state index in [-0.39, 0.29) is 0 Å². The molecule has 0 atom stereocenters. The van der Waals surface area contributed by atoms with Crippen molar-refractivity contribution in [3.05, 3.63) is 36.0 Å². The fourth-order valence-electron chi connectivity index (χ4n) is 2.84. The Hall–Kier alpha value is -2.70. The van der Waals surface area contributed by atoms with Crippen LogP contribution in [0.25, 0.3) is 0 Å². The lowest BCUT2D eigenvalue weighted by Gasteiger charge is -2.33. The fourth-order valence-corrected chi connectivity index (χ4v) is 2.84. The average molecular weight is 326 g/mol. The van der Waals surface area contributed by atoms with Crippen LogP contribution < -0.4 is 9.80 Å². The summed E-state index contributed by atoms with van der Waals surface area (Å²) in [5.41, 5.74) is 2.25. The number of rotatable bonds is 5. The molecule has 1 aromatic carbocycles. The van der Waals surface area contributed by atoms with Crippen molar-refractivity contribution < 1.29 is 4.79 Å². The van der Waals surface area contributed by atoms with Crippen molar-refractivity contribution in [3.63, 3.8) is 0 Å². The summed E-state index contributed by atoms with van der Waals surface area (Å²) in [5.74, 6) is 1.40. The molecule has 0 aliphatic carbocycles. The van der Waals surface area contributed by atoms with E-state index < -0.39 is 0 Å². The minimum Gasteiger partial charge on any atom is -0.352 e. The molecule has 7 nitrogen and oxygen atoms in total. The Labute approximate surface area is 141 Å². The molecular weight excluding hydrogens is 304 g/mol. The maximum atomic E-state index is 10.8. The molecule has 0 radical (unpaired) electrons. The highest BCUT2D eigenvalue weighted by molar-refractivity contribution is 5.59. The lowest BCUT2D eigenvalue weighted by molar-refractivity contribution is -0.118. The van der Waals surface area contributed by atoms with E-state index in [0.717, 1.165) is 37.5 Å². The summed E-state index contributed by atoms with van der Waals surface area (Å²) in [5, 5.41) is 8.35. The molecule has 3 rings (SSSR count). The van der Waals surface area contributed by atoms with Crippen LogP contribution in [0.5, 0.6) is 0 Å². The highest BCUT2D eigenvalue weighted by Crippen LogP contribution is 2.24. The number of carbonyl (C=O) groups is 1. The van der Waals surface area contributed by atoms with Gasteiger partial charge in [0.15, 0.2) is 5.82 Å². The van der Waals surface area contributed by atoms with Crippen LogP contribution >= 0.6 is 0 Å². The third-order valence-corrected chi connectivity index (χ3v) is 4.19. The van der Waals surface area contributed by atoms with Gasteiger partial charge in [0.2, 0.25) is 6.41 Å². The molecule has 7 heteroatoms. The summed E-state index contributed by atoms with van der Waals surface area (Å²) in [6.07, 6.45) is 2.59. The minimum atomic E-state index is 0.596. The highest BCUT2D eigenvalue weighted by Gasteiger charge is 2.19. The molecule has 2 heterocycles. The van der Waals surface area contributed by atoms with Gasteiger partial charge in [-0.1, -0.05) is 12.1 Å². The average Bonchev–Trinajstić information content (AvgIpc) is 2.63. The number of nitrogens with zero attached hydrogens (tertiary/aromatic N) is 6. The fraction of sp³-hybridized carbons (Fsp3) is 0.412. The van der Waals surface area contributed by atoms with Crippen LogP contribution in [0.3, 0.4) is 0 Å². The Bertz CT molecular complexity index is 699. The van der Waals surface area contributed by atoms with Gasteiger partial charge in [-0.15, -0.1) is 5.10 Å². The maximum absolute atomic E-state index is 10.8. The third-order valence-electron chi connectivity index (χ3n) is 4.19. The first-order valence-corrected chi connectivity index (χ1v) is 8.19. The Morgan fingerprint density at radius 1 is 1.25 bits per heavy atom. The summed E-state index contributed by atoms with van der Waals surface area (Å²) in [6.45, 7) is 7.82.